The number of para-hydroxylation sites is 1. The molecule has 3 rings (SSSR count). The van der Waals surface area contributed by atoms with Gasteiger partial charge in [-0.1, -0.05) is 42.5 Å². The Hall–Kier alpha value is -2.30. The molecule has 3 aromatic carbocycles. The molecule has 0 aromatic heterocycles. The Morgan fingerprint density at radius 1 is 0.810 bits per heavy atom. The van der Waals surface area contributed by atoms with E-state index in [0.29, 0.717) is 11.3 Å². The van der Waals surface area contributed by atoms with Crippen LogP contribution in [0.2, 0.25) is 0 Å². The number of aromatic hydroxyl groups is 2. The van der Waals surface area contributed by atoms with Crippen molar-refractivity contribution in [2.24, 2.45) is 4.99 Å². The Bertz CT molecular complexity index is 800. The second-order valence-corrected chi connectivity index (χ2v) is 4.47. The number of phenols is 2. The van der Waals surface area contributed by atoms with E-state index < -0.39 is 0 Å². The zero-order valence-electron chi connectivity index (χ0n) is 11.0. The van der Waals surface area contributed by atoms with Gasteiger partial charge in [-0.3, -0.25) is 4.99 Å². The Balaban J connectivity index is 0.00000161. The van der Waals surface area contributed by atoms with Crippen molar-refractivity contribution in [3.8, 4) is 11.5 Å². The molecule has 0 saturated carbocycles. The molecule has 1 radical (unpaired) electrons. The van der Waals surface area contributed by atoms with E-state index in [0.717, 1.165) is 10.8 Å². The summed E-state index contributed by atoms with van der Waals surface area (Å²) in [5.74, 6) is 0.311. The molecule has 107 valence electrons. The molecule has 0 unspecified atom stereocenters. The fourth-order valence-corrected chi connectivity index (χ4v) is 2.08. The fraction of sp³-hybridized carbons (Fsp3) is 0. The van der Waals surface area contributed by atoms with Crippen LogP contribution in [0.1, 0.15) is 5.56 Å². The summed E-state index contributed by atoms with van der Waals surface area (Å²) < 4.78 is 0. The number of hydrogen-bond donors (Lipinski definition) is 2. The van der Waals surface area contributed by atoms with Crippen LogP contribution in [0.3, 0.4) is 0 Å². The number of benzene rings is 3. The Morgan fingerprint density at radius 2 is 1.52 bits per heavy atom. The third-order valence-electron chi connectivity index (χ3n) is 3.16. The summed E-state index contributed by atoms with van der Waals surface area (Å²) in [4.78, 5) is 4.25. The molecule has 0 amide bonds. The fourth-order valence-electron chi connectivity index (χ4n) is 2.08. The quantitative estimate of drug-likeness (QED) is 0.701. The van der Waals surface area contributed by atoms with Gasteiger partial charge >= 0.3 is 0 Å². The smallest absolute Gasteiger partial charge is 0.148 e. The van der Waals surface area contributed by atoms with Gasteiger partial charge in [-0.05, 0) is 23.6 Å². The molecular formula is C17H13CoNO2. The molecule has 21 heavy (non-hydrogen) atoms. The number of aliphatic imine (C=N–C) groups is 1. The summed E-state index contributed by atoms with van der Waals surface area (Å²) >= 11 is 0. The summed E-state index contributed by atoms with van der Waals surface area (Å²) in [7, 11) is 0. The summed E-state index contributed by atoms with van der Waals surface area (Å²) in [5, 5.41) is 21.6. The van der Waals surface area contributed by atoms with Crippen molar-refractivity contribution in [1.82, 2.24) is 0 Å². The maximum absolute atomic E-state index is 10.2. The average molecular weight is 322 g/mol. The number of hydrogen-bond acceptors (Lipinski definition) is 3. The van der Waals surface area contributed by atoms with E-state index in [1.807, 2.05) is 36.4 Å². The van der Waals surface area contributed by atoms with E-state index in [9.17, 15) is 10.2 Å². The van der Waals surface area contributed by atoms with E-state index in [1.165, 1.54) is 0 Å². The standard InChI is InChI=1S/C17H13NO2.Co/c19-16-8-4-2-6-13(16)11-18-15-10-9-12-5-1-3-7-14(12)17(15)20;/h1-11,19-20H;. The first-order chi connectivity index (χ1) is 9.75. The average Bonchev–Trinajstić information content (AvgIpc) is 2.48. The molecule has 0 aliphatic heterocycles. The van der Waals surface area contributed by atoms with E-state index in [4.69, 9.17) is 0 Å². The first-order valence-electron chi connectivity index (χ1n) is 6.28. The zero-order chi connectivity index (χ0) is 13.9. The first-order valence-corrected chi connectivity index (χ1v) is 6.28. The maximum atomic E-state index is 10.2. The van der Waals surface area contributed by atoms with Crippen LogP contribution in [0.25, 0.3) is 10.8 Å². The Labute approximate surface area is 132 Å². The largest absolute Gasteiger partial charge is 0.507 e. The maximum Gasteiger partial charge on any atom is 0.148 e. The molecule has 3 nitrogen and oxygen atoms in total. The zero-order valence-corrected chi connectivity index (χ0v) is 12.1. The first kappa shape index (κ1) is 15.1. The Morgan fingerprint density at radius 3 is 2.33 bits per heavy atom. The van der Waals surface area contributed by atoms with Crippen molar-refractivity contribution in [2.75, 3.05) is 0 Å². The van der Waals surface area contributed by atoms with Crippen LogP contribution in [0.15, 0.2) is 65.7 Å². The van der Waals surface area contributed by atoms with Crippen molar-refractivity contribution < 1.29 is 27.0 Å². The predicted octanol–water partition coefficient (Wildman–Crippen LogP) is 4.00. The third kappa shape index (κ3) is 3.07. The molecule has 0 spiro atoms. The molecule has 0 saturated heterocycles. The normalized spacial score (nSPS) is 10.7. The number of phenolic OH excluding ortho intramolecular Hbond substituents is 2. The van der Waals surface area contributed by atoms with E-state index in [1.54, 1.807) is 30.5 Å². The van der Waals surface area contributed by atoms with Crippen molar-refractivity contribution in [3.63, 3.8) is 0 Å². The predicted molar refractivity (Wildman–Crippen MR) is 81.0 cm³/mol. The van der Waals surface area contributed by atoms with Gasteiger partial charge in [-0.25, -0.2) is 0 Å². The molecule has 0 bridgehead atoms. The van der Waals surface area contributed by atoms with Crippen LogP contribution in [-0.4, -0.2) is 16.4 Å². The van der Waals surface area contributed by atoms with Gasteiger partial charge in [0.15, 0.2) is 0 Å². The summed E-state index contributed by atoms with van der Waals surface area (Å²) in [5.41, 5.74) is 1.09. The van der Waals surface area contributed by atoms with Gasteiger partial charge in [-0.2, -0.15) is 0 Å². The Kier molecular flexibility index (Phi) is 4.62. The SMILES string of the molecule is Oc1ccccc1C=Nc1ccc2ccccc2c1O.[Co]. The summed E-state index contributed by atoms with van der Waals surface area (Å²) in [6.45, 7) is 0. The van der Waals surface area contributed by atoms with Crippen molar-refractivity contribution in [3.05, 3.63) is 66.2 Å². The van der Waals surface area contributed by atoms with E-state index in [-0.39, 0.29) is 28.3 Å². The molecule has 2 N–H and O–H groups in total. The minimum Gasteiger partial charge on any atom is -0.507 e. The number of rotatable bonds is 2. The molecule has 0 aliphatic rings. The molecule has 0 atom stereocenters. The minimum absolute atomic E-state index is 0. The topological polar surface area (TPSA) is 52.8 Å². The summed E-state index contributed by atoms with van der Waals surface area (Å²) in [6.07, 6.45) is 1.54. The van der Waals surface area contributed by atoms with E-state index in [2.05, 4.69) is 4.99 Å². The molecule has 4 heteroatoms. The molecule has 0 heterocycles. The van der Waals surface area contributed by atoms with Crippen LogP contribution in [0, 0.1) is 0 Å². The van der Waals surface area contributed by atoms with Crippen LogP contribution in [-0.2, 0) is 16.8 Å². The van der Waals surface area contributed by atoms with Gasteiger partial charge in [0, 0.05) is 33.9 Å². The summed E-state index contributed by atoms with van der Waals surface area (Å²) in [6, 6.07) is 18.2. The molecule has 0 fully saturated rings. The van der Waals surface area contributed by atoms with Gasteiger partial charge in [-0.15, -0.1) is 0 Å². The van der Waals surface area contributed by atoms with Gasteiger partial charge in [0.05, 0.1) is 0 Å². The van der Waals surface area contributed by atoms with Crippen LogP contribution < -0.4 is 0 Å². The van der Waals surface area contributed by atoms with Gasteiger partial charge in [0.2, 0.25) is 0 Å². The third-order valence-corrected chi connectivity index (χ3v) is 3.16. The van der Waals surface area contributed by atoms with Crippen LogP contribution in [0.4, 0.5) is 5.69 Å². The second-order valence-electron chi connectivity index (χ2n) is 4.47. The van der Waals surface area contributed by atoms with Gasteiger partial charge in [0.1, 0.15) is 17.2 Å². The molecule has 3 aromatic rings. The molecular weight excluding hydrogens is 309 g/mol. The second kappa shape index (κ2) is 6.43. The van der Waals surface area contributed by atoms with Crippen LogP contribution in [0.5, 0.6) is 11.5 Å². The minimum atomic E-state index is 0. The van der Waals surface area contributed by atoms with Crippen molar-refractivity contribution >= 4 is 22.7 Å². The van der Waals surface area contributed by atoms with Crippen molar-refractivity contribution in [1.29, 1.82) is 0 Å². The number of fused-ring (bicyclic) bond motifs is 1. The monoisotopic (exact) mass is 322 g/mol. The number of nitrogens with zero attached hydrogens (tertiary/aromatic N) is 1. The van der Waals surface area contributed by atoms with E-state index >= 15 is 0 Å². The van der Waals surface area contributed by atoms with Crippen molar-refractivity contribution in [2.45, 2.75) is 0 Å². The van der Waals surface area contributed by atoms with Crippen LogP contribution >= 0.6 is 0 Å². The molecule has 0 aliphatic carbocycles. The van der Waals surface area contributed by atoms with Gasteiger partial charge < -0.3 is 10.2 Å². The van der Waals surface area contributed by atoms with Gasteiger partial charge in [0.25, 0.3) is 0 Å².